The maximum Gasteiger partial charge on any atom is 0.0311 e. The Balaban J connectivity index is 1.94. The van der Waals surface area contributed by atoms with Crippen LogP contribution in [0.2, 0.25) is 0 Å². The van der Waals surface area contributed by atoms with Gasteiger partial charge in [-0.05, 0) is 59.6 Å². The number of rotatable bonds is 8. The predicted molar refractivity (Wildman–Crippen MR) is 99.7 cm³/mol. The van der Waals surface area contributed by atoms with Gasteiger partial charge >= 0.3 is 0 Å². The van der Waals surface area contributed by atoms with Gasteiger partial charge in [0.1, 0.15) is 0 Å². The van der Waals surface area contributed by atoms with E-state index in [0.29, 0.717) is 6.04 Å². The molecule has 0 fully saturated rings. The SMILES string of the molecule is CCNC(CSc1ccccc1Br)Cc1ccc(CC)s1. The van der Waals surface area contributed by atoms with E-state index in [9.17, 15) is 0 Å². The highest BCUT2D eigenvalue weighted by Crippen LogP contribution is 2.28. The molecule has 0 aliphatic carbocycles. The number of benzene rings is 1. The second kappa shape index (κ2) is 8.99. The summed E-state index contributed by atoms with van der Waals surface area (Å²) in [5, 5.41) is 3.62. The maximum atomic E-state index is 3.63. The average molecular weight is 384 g/mol. The zero-order chi connectivity index (χ0) is 15.1. The Morgan fingerprint density at radius 2 is 1.90 bits per heavy atom. The predicted octanol–water partition coefficient (Wildman–Crippen LogP) is 5.39. The number of thioether (sulfide) groups is 1. The summed E-state index contributed by atoms with van der Waals surface area (Å²) in [4.78, 5) is 4.30. The van der Waals surface area contributed by atoms with Crippen LogP contribution in [-0.4, -0.2) is 18.3 Å². The summed E-state index contributed by atoms with van der Waals surface area (Å²) >= 11 is 7.50. The summed E-state index contributed by atoms with van der Waals surface area (Å²) in [6.45, 7) is 5.43. The Kier molecular flexibility index (Phi) is 7.30. The van der Waals surface area contributed by atoms with E-state index in [4.69, 9.17) is 0 Å². The zero-order valence-corrected chi connectivity index (χ0v) is 15.8. The lowest BCUT2D eigenvalue weighted by molar-refractivity contribution is 0.576. The van der Waals surface area contributed by atoms with Crippen molar-refractivity contribution in [3.05, 3.63) is 50.6 Å². The largest absolute Gasteiger partial charge is 0.313 e. The van der Waals surface area contributed by atoms with Crippen LogP contribution in [0.4, 0.5) is 0 Å². The first-order valence-electron chi connectivity index (χ1n) is 7.41. The lowest BCUT2D eigenvalue weighted by Gasteiger charge is -2.17. The van der Waals surface area contributed by atoms with Gasteiger partial charge in [-0.25, -0.2) is 0 Å². The normalized spacial score (nSPS) is 12.5. The van der Waals surface area contributed by atoms with Crippen molar-refractivity contribution >= 4 is 39.0 Å². The summed E-state index contributed by atoms with van der Waals surface area (Å²) in [6.07, 6.45) is 2.26. The smallest absolute Gasteiger partial charge is 0.0311 e. The van der Waals surface area contributed by atoms with Crippen LogP contribution in [0.3, 0.4) is 0 Å². The number of hydrogen-bond acceptors (Lipinski definition) is 3. The molecule has 114 valence electrons. The monoisotopic (exact) mass is 383 g/mol. The molecule has 2 rings (SSSR count). The molecule has 21 heavy (non-hydrogen) atoms. The molecule has 0 aliphatic rings. The quantitative estimate of drug-likeness (QED) is 0.613. The minimum Gasteiger partial charge on any atom is -0.313 e. The molecule has 1 N–H and O–H groups in total. The van der Waals surface area contributed by atoms with E-state index < -0.39 is 0 Å². The molecule has 1 atom stereocenters. The molecular formula is C17H22BrNS2. The fraction of sp³-hybridized carbons (Fsp3) is 0.412. The van der Waals surface area contributed by atoms with Crippen LogP contribution in [0.25, 0.3) is 0 Å². The van der Waals surface area contributed by atoms with Gasteiger partial charge in [0.05, 0.1) is 0 Å². The minimum atomic E-state index is 0.524. The van der Waals surface area contributed by atoms with Gasteiger partial charge in [0.25, 0.3) is 0 Å². The van der Waals surface area contributed by atoms with Crippen molar-refractivity contribution in [2.45, 2.75) is 37.6 Å². The topological polar surface area (TPSA) is 12.0 Å². The van der Waals surface area contributed by atoms with Crippen LogP contribution >= 0.6 is 39.0 Å². The van der Waals surface area contributed by atoms with Crippen molar-refractivity contribution in [1.82, 2.24) is 5.32 Å². The molecule has 1 aromatic carbocycles. The van der Waals surface area contributed by atoms with E-state index in [-0.39, 0.29) is 0 Å². The summed E-state index contributed by atoms with van der Waals surface area (Å²) < 4.78 is 1.19. The van der Waals surface area contributed by atoms with Gasteiger partial charge in [-0.3, -0.25) is 0 Å². The molecule has 0 bridgehead atoms. The summed E-state index contributed by atoms with van der Waals surface area (Å²) in [5.41, 5.74) is 0. The van der Waals surface area contributed by atoms with Gasteiger partial charge in [0.2, 0.25) is 0 Å². The van der Waals surface area contributed by atoms with Gasteiger partial charge in [-0.2, -0.15) is 0 Å². The lowest BCUT2D eigenvalue weighted by atomic mass is 10.2. The van der Waals surface area contributed by atoms with Gasteiger partial charge in [-0.1, -0.05) is 26.0 Å². The Morgan fingerprint density at radius 3 is 2.57 bits per heavy atom. The van der Waals surface area contributed by atoms with Crippen LogP contribution in [0, 0.1) is 0 Å². The molecular weight excluding hydrogens is 362 g/mol. The van der Waals surface area contributed by atoms with Gasteiger partial charge in [0.15, 0.2) is 0 Å². The van der Waals surface area contributed by atoms with Crippen molar-refractivity contribution in [3.63, 3.8) is 0 Å². The molecule has 1 heterocycles. The van der Waals surface area contributed by atoms with Crippen molar-refractivity contribution in [3.8, 4) is 0 Å². The second-order valence-electron chi connectivity index (χ2n) is 4.92. The van der Waals surface area contributed by atoms with Crippen LogP contribution in [0.1, 0.15) is 23.6 Å². The van der Waals surface area contributed by atoms with Crippen molar-refractivity contribution in [2.75, 3.05) is 12.3 Å². The number of aryl methyl sites for hydroxylation is 1. The Labute approximate surface area is 144 Å². The molecule has 1 unspecified atom stereocenters. The Bertz CT molecular complexity index is 553. The summed E-state index contributed by atoms with van der Waals surface area (Å²) in [6, 6.07) is 13.5. The van der Waals surface area contributed by atoms with Crippen molar-refractivity contribution in [1.29, 1.82) is 0 Å². The Hall–Kier alpha value is -0.290. The molecule has 4 heteroatoms. The third kappa shape index (κ3) is 5.44. The first-order chi connectivity index (χ1) is 10.2. The maximum absolute atomic E-state index is 3.63. The first-order valence-corrected chi connectivity index (χ1v) is 10.0. The fourth-order valence-electron chi connectivity index (χ4n) is 2.20. The van der Waals surface area contributed by atoms with Crippen LogP contribution in [0.15, 0.2) is 45.8 Å². The highest BCUT2D eigenvalue weighted by Gasteiger charge is 2.11. The number of likely N-dealkylation sites (N-methyl/N-ethyl adjacent to an activating group) is 1. The third-order valence-electron chi connectivity index (χ3n) is 3.28. The second-order valence-corrected chi connectivity index (χ2v) is 8.09. The van der Waals surface area contributed by atoms with Gasteiger partial charge in [0, 0.05) is 30.9 Å². The lowest BCUT2D eigenvalue weighted by Crippen LogP contribution is -2.32. The first kappa shape index (κ1) is 17.1. The van der Waals surface area contributed by atoms with Gasteiger partial charge in [-0.15, -0.1) is 23.1 Å². The van der Waals surface area contributed by atoms with Crippen LogP contribution in [0.5, 0.6) is 0 Å². The van der Waals surface area contributed by atoms with Gasteiger partial charge < -0.3 is 5.32 Å². The fourth-order valence-corrected chi connectivity index (χ4v) is 4.86. The average Bonchev–Trinajstić information content (AvgIpc) is 2.94. The van der Waals surface area contributed by atoms with E-state index in [2.05, 4.69) is 71.5 Å². The van der Waals surface area contributed by atoms with Crippen LogP contribution in [-0.2, 0) is 12.8 Å². The zero-order valence-electron chi connectivity index (χ0n) is 12.6. The molecule has 0 aliphatic heterocycles. The number of hydrogen-bond donors (Lipinski definition) is 1. The minimum absolute atomic E-state index is 0.524. The van der Waals surface area contributed by atoms with E-state index in [1.165, 1.54) is 19.1 Å². The van der Waals surface area contributed by atoms with E-state index in [1.54, 1.807) is 0 Å². The van der Waals surface area contributed by atoms with E-state index in [0.717, 1.165) is 25.1 Å². The molecule has 0 radical (unpaired) electrons. The van der Waals surface area contributed by atoms with Crippen molar-refractivity contribution < 1.29 is 0 Å². The highest BCUT2D eigenvalue weighted by molar-refractivity contribution is 9.10. The standard InChI is InChI=1S/C17H22BrNS2/c1-3-14-9-10-15(21-14)11-13(19-4-2)12-20-17-8-6-5-7-16(17)18/h5-10,13,19H,3-4,11-12H2,1-2H3. The number of thiophene rings is 1. The number of nitrogens with one attached hydrogen (secondary N) is 1. The molecule has 1 nitrogen and oxygen atoms in total. The third-order valence-corrected chi connectivity index (χ3v) is 6.72. The van der Waals surface area contributed by atoms with E-state index >= 15 is 0 Å². The molecule has 1 aromatic heterocycles. The molecule has 0 saturated carbocycles. The van der Waals surface area contributed by atoms with Crippen LogP contribution < -0.4 is 5.32 Å². The molecule has 2 aromatic rings. The Morgan fingerprint density at radius 1 is 1.14 bits per heavy atom. The molecule has 0 saturated heterocycles. The highest BCUT2D eigenvalue weighted by atomic mass is 79.9. The summed E-state index contributed by atoms with van der Waals surface area (Å²) in [5.74, 6) is 1.09. The van der Waals surface area contributed by atoms with E-state index in [1.807, 2.05) is 23.1 Å². The molecule has 0 amide bonds. The molecule has 0 spiro atoms. The summed E-state index contributed by atoms with van der Waals surface area (Å²) in [7, 11) is 0. The number of halogens is 1. The van der Waals surface area contributed by atoms with Crippen molar-refractivity contribution in [2.24, 2.45) is 0 Å².